The predicted molar refractivity (Wildman–Crippen MR) is 382 cm³/mol. The van der Waals surface area contributed by atoms with Crippen molar-refractivity contribution in [2.45, 2.75) is 0 Å². The quantitative estimate of drug-likeness (QED) is 0.142. The van der Waals surface area contributed by atoms with Gasteiger partial charge in [-0.25, -0.2) is 0 Å². The van der Waals surface area contributed by atoms with Gasteiger partial charge < -0.3 is 0 Å². The Morgan fingerprint density at radius 1 is 0.0444 bits per heavy atom. The van der Waals surface area contributed by atoms with Crippen LogP contribution in [-0.2, 0) is 0 Å². The lowest BCUT2D eigenvalue weighted by atomic mass is 9.95. The van der Waals surface area contributed by atoms with Gasteiger partial charge >= 0.3 is 0 Å². The summed E-state index contributed by atoms with van der Waals surface area (Å²) in [5, 5.41) is 0. The van der Waals surface area contributed by atoms with Crippen LogP contribution in [0.4, 0.5) is 0 Å². The molecular weight excluding hydrogens is 1080 g/mol. The summed E-state index contributed by atoms with van der Waals surface area (Å²) in [6.45, 7) is 0. The van der Waals surface area contributed by atoms with Gasteiger partial charge in [0.1, 0.15) is 0 Å². The number of hydrogen-bond acceptors (Lipinski definition) is 0. The van der Waals surface area contributed by atoms with E-state index in [2.05, 4.69) is 364 Å². The molecule has 0 aliphatic heterocycles. The zero-order valence-corrected chi connectivity index (χ0v) is 49.6. The Morgan fingerprint density at radius 2 is 0.0667 bits per heavy atom. The summed E-state index contributed by atoms with van der Waals surface area (Å²) in [6, 6.07) is 134. The van der Waals surface area contributed by atoms with E-state index in [4.69, 9.17) is 0 Å². The van der Waals surface area contributed by atoms with E-state index in [9.17, 15) is 0 Å². The van der Waals surface area contributed by atoms with Crippen LogP contribution in [0.25, 0.3) is 167 Å². The topological polar surface area (TPSA) is 0 Å². The lowest BCUT2D eigenvalue weighted by molar-refractivity contribution is 1.55. The fraction of sp³-hybridized carbons (Fsp3) is 0. The largest absolute Gasteiger partial charge is 0.0538 e. The lowest BCUT2D eigenvalue weighted by Gasteiger charge is -2.10. The molecule has 90 heavy (non-hydrogen) atoms. The van der Waals surface area contributed by atoms with Gasteiger partial charge in [-0.3, -0.25) is 0 Å². The molecule has 30 bridgehead atoms. The van der Waals surface area contributed by atoms with E-state index in [-0.39, 0.29) is 0 Å². The highest BCUT2D eigenvalue weighted by Gasteiger charge is 2.11. The van der Waals surface area contributed by atoms with Gasteiger partial charge in [0.2, 0.25) is 0 Å². The van der Waals surface area contributed by atoms with Crippen molar-refractivity contribution in [2.24, 2.45) is 0 Å². The normalized spacial score (nSPS) is 11.3. The van der Waals surface area contributed by atoms with Crippen molar-refractivity contribution in [3.8, 4) is 167 Å². The Hall–Kier alpha value is -11.7. The number of rotatable bonds is 0. The molecule has 0 radical (unpaired) electrons. The SMILES string of the molecule is c1cc2ccc1-c1ccc(cc1)-c1ccc(cc1)-c1ccc(cc1)-c1ccc(cc1)-c1ccc(cc1)-c1ccc(cc1)-c1ccc(cc1)-c1ccc(cc1)-c1ccc(cc1)-c1ccc(cc1)-c1ccc(cc1)-c1ccc(cc1)-c1ccc(cc1)-c1ccc-2cc1. The molecule has 0 nitrogen and oxygen atoms in total. The van der Waals surface area contributed by atoms with E-state index in [1.807, 2.05) is 0 Å². The highest BCUT2D eigenvalue weighted by atomic mass is 14.2. The van der Waals surface area contributed by atoms with Crippen LogP contribution in [0.1, 0.15) is 0 Å². The smallest absolute Gasteiger partial charge is 0.0184 e. The maximum absolute atomic E-state index is 2.23. The molecule has 0 heteroatoms. The van der Waals surface area contributed by atoms with E-state index < -0.39 is 0 Å². The predicted octanol–water partition coefficient (Wildman–Crippen LogP) is 25.0. The molecule has 43 aliphatic rings. The van der Waals surface area contributed by atoms with Crippen molar-refractivity contribution < 1.29 is 0 Å². The molecule has 0 spiro atoms. The first-order valence-electron chi connectivity index (χ1n) is 31.1. The first-order valence-corrected chi connectivity index (χ1v) is 31.1. The van der Waals surface area contributed by atoms with Crippen LogP contribution in [0.5, 0.6) is 0 Å². The summed E-state index contributed by atoms with van der Waals surface area (Å²) in [5.41, 5.74) is 36.1. The van der Waals surface area contributed by atoms with E-state index in [0.717, 1.165) is 0 Å². The molecule has 58 rings (SSSR count). The summed E-state index contributed by atoms with van der Waals surface area (Å²) in [6.07, 6.45) is 0. The highest BCUT2D eigenvalue weighted by Crippen LogP contribution is 2.37. The third-order valence-electron chi connectivity index (χ3n) is 18.3. The third kappa shape index (κ3) is 11.0. The number of hydrogen-bond donors (Lipinski definition) is 0. The Balaban J connectivity index is 0.640. The minimum atomic E-state index is 1.20. The first-order chi connectivity index (χ1) is 44.5. The minimum absolute atomic E-state index is 1.20. The van der Waals surface area contributed by atoms with Gasteiger partial charge in [0.15, 0.2) is 0 Å². The summed E-state index contributed by atoms with van der Waals surface area (Å²) in [5.74, 6) is 0. The van der Waals surface area contributed by atoms with Crippen LogP contribution in [0.3, 0.4) is 0 Å². The second-order valence-corrected chi connectivity index (χ2v) is 23.7. The molecule has 0 atom stereocenters. The average Bonchev–Trinajstić information content (AvgIpc) is 2.51. The van der Waals surface area contributed by atoms with Gasteiger partial charge in [-0.2, -0.15) is 0 Å². The van der Waals surface area contributed by atoms with Crippen LogP contribution < -0.4 is 0 Å². The lowest BCUT2D eigenvalue weighted by Crippen LogP contribution is -1.85. The Labute approximate surface area is 527 Å². The van der Waals surface area contributed by atoms with Crippen molar-refractivity contribution in [3.05, 3.63) is 364 Å². The molecule has 0 amide bonds. The minimum Gasteiger partial charge on any atom is -0.0538 e. The van der Waals surface area contributed by atoms with Crippen LogP contribution >= 0.6 is 0 Å². The van der Waals surface area contributed by atoms with Crippen LogP contribution in [0, 0.1) is 0 Å². The zero-order valence-electron chi connectivity index (χ0n) is 49.6. The molecule has 420 valence electrons. The Bertz CT molecular complexity index is 3360. The molecule has 0 saturated heterocycles. The van der Waals surface area contributed by atoms with Crippen molar-refractivity contribution in [1.29, 1.82) is 0 Å². The molecule has 15 aromatic rings. The first kappa shape index (κ1) is 53.7. The van der Waals surface area contributed by atoms with E-state index in [1.165, 1.54) is 167 Å². The molecule has 43 aliphatic carbocycles. The van der Waals surface area contributed by atoms with Crippen molar-refractivity contribution in [1.82, 2.24) is 0 Å². The Morgan fingerprint density at radius 3 is 0.0889 bits per heavy atom. The molecule has 0 aromatic heterocycles. The van der Waals surface area contributed by atoms with Gasteiger partial charge in [-0.1, -0.05) is 364 Å². The van der Waals surface area contributed by atoms with Gasteiger partial charge in [0.05, 0.1) is 0 Å². The summed E-state index contributed by atoms with van der Waals surface area (Å²) in [7, 11) is 0. The molecule has 0 unspecified atom stereocenters. The van der Waals surface area contributed by atoms with Crippen LogP contribution in [-0.4, -0.2) is 0 Å². The van der Waals surface area contributed by atoms with Crippen molar-refractivity contribution >= 4 is 0 Å². The second-order valence-electron chi connectivity index (χ2n) is 23.7. The molecule has 0 fully saturated rings. The van der Waals surface area contributed by atoms with Gasteiger partial charge in [-0.05, 0) is 167 Å². The maximum Gasteiger partial charge on any atom is -0.0184 e. The molecule has 15 aromatic carbocycles. The fourth-order valence-corrected chi connectivity index (χ4v) is 12.8. The highest BCUT2D eigenvalue weighted by molar-refractivity contribution is 5.83. The Kier molecular flexibility index (Phi) is 14.1. The van der Waals surface area contributed by atoms with E-state index in [0.29, 0.717) is 0 Å². The summed E-state index contributed by atoms with van der Waals surface area (Å²) in [4.78, 5) is 0. The maximum atomic E-state index is 2.23. The van der Waals surface area contributed by atoms with Crippen molar-refractivity contribution in [2.75, 3.05) is 0 Å². The van der Waals surface area contributed by atoms with Crippen LogP contribution in [0.2, 0.25) is 0 Å². The third-order valence-corrected chi connectivity index (χ3v) is 18.3. The van der Waals surface area contributed by atoms with Gasteiger partial charge in [-0.15, -0.1) is 0 Å². The standard InChI is InChI=1S/C90H60/c1-2-62-4-3-61(1)63-5-7-65(8-6-63)67-13-15-69(16-14-67)71-21-23-73(24-22-71)75-29-31-77(32-30-75)79-37-39-81(40-38-79)83-45-47-85(48-46-83)87-53-55-89(56-54-87)90-59-57-88(58-60-90)86-51-49-84(50-52-86)82-43-41-80(42-44-82)78-35-33-76(34-36-78)74-27-25-72(26-28-74)70-19-17-68(18-20-70)66-11-9-64(62)10-12-66/h1-60H. The molecule has 0 saturated carbocycles. The average molecular weight is 1140 g/mol. The molecule has 0 heterocycles. The van der Waals surface area contributed by atoms with E-state index in [1.54, 1.807) is 0 Å². The molecule has 0 N–H and O–H groups in total. The monoisotopic (exact) mass is 1140 g/mol. The number of benzene rings is 15. The van der Waals surface area contributed by atoms with E-state index >= 15 is 0 Å². The van der Waals surface area contributed by atoms with Crippen LogP contribution in [0.15, 0.2) is 364 Å². The molecular formula is C90H60. The van der Waals surface area contributed by atoms with Crippen molar-refractivity contribution in [3.63, 3.8) is 0 Å². The fourth-order valence-electron chi connectivity index (χ4n) is 12.8. The van der Waals surface area contributed by atoms with Gasteiger partial charge in [0.25, 0.3) is 0 Å². The second kappa shape index (κ2) is 23.5. The zero-order chi connectivity index (χ0) is 59.7. The summed E-state index contributed by atoms with van der Waals surface area (Å²) >= 11 is 0. The van der Waals surface area contributed by atoms with Gasteiger partial charge in [0, 0.05) is 0 Å². The summed E-state index contributed by atoms with van der Waals surface area (Å²) < 4.78 is 0.